The van der Waals surface area contributed by atoms with Gasteiger partial charge in [-0.25, -0.2) is 0 Å². The number of nitrogens with zero attached hydrogens (tertiary/aromatic N) is 1. The second-order valence-corrected chi connectivity index (χ2v) is 6.78. The van der Waals surface area contributed by atoms with E-state index in [-0.39, 0.29) is 24.3 Å². The molecule has 1 N–H and O–H groups in total. The van der Waals surface area contributed by atoms with Crippen LogP contribution in [-0.4, -0.2) is 34.2 Å². The van der Waals surface area contributed by atoms with Crippen LogP contribution < -0.4 is 4.74 Å². The van der Waals surface area contributed by atoms with E-state index in [9.17, 15) is 9.59 Å². The summed E-state index contributed by atoms with van der Waals surface area (Å²) in [7, 11) is 0. The summed E-state index contributed by atoms with van der Waals surface area (Å²) in [6.07, 6.45) is 3.46. The Morgan fingerprint density at radius 1 is 1.04 bits per heavy atom. The van der Waals surface area contributed by atoms with Crippen LogP contribution in [0, 0.1) is 0 Å². The monoisotopic (exact) mass is 364 g/mol. The van der Waals surface area contributed by atoms with Gasteiger partial charge in [0.05, 0.1) is 11.4 Å². The van der Waals surface area contributed by atoms with Gasteiger partial charge in [-0.15, -0.1) is 0 Å². The van der Waals surface area contributed by atoms with Gasteiger partial charge in [-0.05, 0) is 41.4 Å². The van der Waals surface area contributed by atoms with Crippen LogP contribution in [0.25, 0.3) is 16.8 Å². The summed E-state index contributed by atoms with van der Waals surface area (Å²) in [6, 6.07) is 17.5. The molecule has 2 aromatic carbocycles. The molecule has 1 aromatic heterocycles. The average Bonchev–Trinajstić information content (AvgIpc) is 3.25. The van der Waals surface area contributed by atoms with Crippen LogP contribution in [0.3, 0.4) is 0 Å². The first-order valence-corrected chi connectivity index (χ1v) is 9.03. The summed E-state index contributed by atoms with van der Waals surface area (Å²) < 4.78 is 5.84. The lowest BCUT2D eigenvalue weighted by atomic mass is 10.1. The van der Waals surface area contributed by atoms with E-state index in [4.69, 9.17) is 4.74 Å². The largest absolute Gasteiger partial charge is 0.491 e. The van der Waals surface area contributed by atoms with Crippen molar-refractivity contribution in [1.29, 1.82) is 0 Å². The van der Waals surface area contributed by atoms with E-state index in [0.29, 0.717) is 4.91 Å². The standard InChI is InChI=1S/C20H16N2O3S/c23-19-18(13-15-7-4-10-21-15)26-20(24)22(19)11-12-25-17-9-3-6-14-5-1-2-8-16(14)17/h1-10,13,21H,11-12H2/b18-13-. The Labute approximate surface area is 154 Å². The van der Waals surface area contributed by atoms with Crippen molar-refractivity contribution >= 4 is 39.8 Å². The normalized spacial score (nSPS) is 16.0. The van der Waals surface area contributed by atoms with Crippen LogP contribution in [0.1, 0.15) is 5.69 Å². The number of H-pyrrole nitrogens is 1. The number of amides is 2. The smallest absolute Gasteiger partial charge is 0.293 e. The minimum atomic E-state index is -0.281. The van der Waals surface area contributed by atoms with Gasteiger partial charge in [0, 0.05) is 17.3 Å². The fraction of sp³-hybridized carbons (Fsp3) is 0.100. The first kappa shape index (κ1) is 16.5. The fourth-order valence-electron chi connectivity index (χ4n) is 2.84. The number of hydrogen-bond acceptors (Lipinski definition) is 4. The second-order valence-electron chi connectivity index (χ2n) is 5.78. The molecular weight excluding hydrogens is 348 g/mol. The van der Waals surface area contributed by atoms with E-state index in [1.165, 1.54) is 4.90 Å². The lowest BCUT2D eigenvalue weighted by Gasteiger charge is -2.14. The number of benzene rings is 2. The Kier molecular flexibility index (Phi) is 4.50. The maximum Gasteiger partial charge on any atom is 0.293 e. The number of nitrogens with one attached hydrogen (secondary N) is 1. The molecule has 1 fully saturated rings. The third-order valence-corrected chi connectivity index (χ3v) is 5.01. The lowest BCUT2D eigenvalue weighted by Crippen LogP contribution is -2.32. The van der Waals surface area contributed by atoms with Crippen LogP contribution in [0.5, 0.6) is 5.75 Å². The van der Waals surface area contributed by atoms with E-state index in [1.54, 1.807) is 12.3 Å². The Bertz CT molecular complexity index is 990. The SMILES string of the molecule is O=C1S/C(=C\c2ccc[nH]2)C(=O)N1CCOc1cccc2ccccc12. The first-order valence-electron chi connectivity index (χ1n) is 8.22. The third kappa shape index (κ3) is 3.23. The molecule has 130 valence electrons. The Morgan fingerprint density at radius 2 is 1.88 bits per heavy atom. The lowest BCUT2D eigenvalue weighted by molar-refractivity contribution is -0.123. The zero-order valence-electron chi connectivity index (χ0n) is 13.8. The van der Waals surface area contributed by atoms with Gasteiger partial charge in [0.25, 0.3) is 11.1 Å². The van der Waals surface area contributed by atoms with Crippen LogP contribution in [0.2, 0.25) is 0 Å². The molecule has 2 heterocycles. The van der Waals surface area contributed by atoms with E-state index < -0.39 is 0 Å². The highest BCUT2D eigenvalue weighted by atomic mass is 32.2. The van der Waals surface area contributed by atoms with Crippen LogP contribution in [-0.2, 0) is 4.79 Å². The van der Waals surface area contributed by atoms with Gasteiger partial charge in [-0.3, -0.25) is 14.5 Å². The van der Waals surface area contributed by atoms with Crippen LogP contribution in [0.4, 0.5) is 4.79 Å². The van der Waals surface area contributed by atoms with Crippen molar-refractivity contribution in [2.75, 3.05) is 13.2 Å². The molecular formula is C20H16N2O3S. The zero-order valence-corrected chi connectivity index (χ0v) is 14.7. The summed E-state index contributed by atoms with van der Waals surface area (Å²) in [4.78, 5) is 29.2. The number of carbonyl (C=O) groups excluding carboxylic acids is 2. The number of aromatic nitrogens is 1. The summed E-state index contributed by atoms with van der Waals surface area (Å²) >= 11 is 0.952. The average molecular weight is 364 g/mol. The fourth-order valence-corrected chi connectivity index (χ4v) is 3.69. The molecule has 0 radical (unpaired) electrons. The minimum absolute atomic E-state index is 0.218. The molecule has 3 aromatic rings. The maximum atomic E-state index is 12.4. The molecule has 1 aliphatic rings. The van der Waals surface area contributed by atoms with Crippen molar-refractivity contribution in [3.63, 3.8) is 0 Å². The second kappa shape index (κ2) is 7.09. The molecule has 0 bridgehead atoms. The number of aromatic amines is 1. The van der Waals surface area contributed by atoms with Gasteiger partial charge in [-0.2, -0.15) is 0 Å². The van der Waals surface area contributed by atoms with Crippen molar-refractivity contribution < 1.29 is 14.3 Å². The highest BCUT2D eigenvalue weighted by Crippen LogP contribution is 2.32. The highest BCUT2D eigenvalue weighted by Gasteiger charge is 2.34. The molecule has 0 unspecified atom stereocenters. The predicted octanol–water partition coefficient (Wildman–Crippen LogP) is 4.28. The Hall–Kier alpha value is -2.99. The van der Waals surface area contributed by atoms with E-state index >= 15 is 0 Å². The first-order chi connectivity index (χ1) is 12.7. The van der Waals surface area contributed by atoms with Gasteiger partial charge in [0.15, 0.2) is 0 Å². The number of fused-ring (bicyclic) bond motifs is 1. The summed E-state index contributed by atoms with van der Waals surface area (Å²) in [6.45, 7) is 0.470. The van der Waals surface area contributed by atoms with Crippen molar-refractivity contribution in [3.8, 4) is 5.75 Å². The summed E-state index contributed by atoms with van der Waals surface area (Å²) in [5.41, 5.74) is 0.794. The number of thioether (sulfide) groups is 1. The van der Waals surface area contributed by atoms with Gasteiger partial charge >= 0.3 is 0 Å². The topological polar surface area (TPSA) is 62.4 Å². The van der Waals surface area contributed by atoms with E-state index in [0.717, 1.165) is 34.0 Å². The number of imide groups is 1. The maximum absolute atomic E-state index is 12.4. The van der Waals surface area contributed by atoms with Crippen molar-refractivity contribution in [3.05, 3.63) is 71.4 Å². The number of rotatable bonds is 5. The van der Waals surface area contributed by atoms with Gasteiger partial charge in [-0.1, -0.05) is 36.4 Å². The van der Waals surface area contributed by atoms with Crippen LogP contribution in [0.15, 0.2) is 65.7 Å². The number of ether oxygens (including phenoxy) is 1. The molecule has 5 nitrogen and oxygen atoms in total. The molecule has 6 heteroatoms. The van der Waals surface area contributed by atoms with Gasteiger partial charge < -0.3 is 9.72 Å². The quantitative estimate of drug-likeness (QED) is 0.686. The molecule has 2 amide bonds. The highest BCUT2D eigenvalue weighted by molar-refractivity contribution is 8.18. The molecule has 1 saturated heterocycles. The molecule has 0 aliphatic carbocycles. The molecule has 0 saturated carbocycles. The van der Waals surface area contributed by atoms with Crippen molar-refractivity contribution in [2.24, 2.45) is 0 Å². The third-order valence-electron chi connectivity index (χ3n) is 4.10. The van der Waals surface area contributed by atoms with E-state index in [1.807, 2.05) is 54.6 Å². The zero-order chi connectivity index (χ0) is 17.9. The predicted molar refractivity (Wildman–Crippen MR) is 103 cm³/mol. The molecule has 26 heavy (non-hydrogen) atoms. The Balaban J connectivity index is 1.43. The van der Waals surface area contributed by atoms with Gasteiger partial charge in [0.2, 0.25) is 0 Å². The molecule has 0 spiro atoms. The molecule has 4 rings (SSSR count). The number of hydrogen-bond donors (Lipinski definition) is 1. The minimum Gasteiger partial charge on any atom is -0.491 e. The van der Waals surface area contributed by atoms with E-state index in [2.05, 4.69) is 4.98 Å². The summed E-state index contributed by atoms with van der Waals surface area (Å²) in [5, 5.41) is 1.83. The van der Waals surface area contributed by atoms with Crippen molar-refractivity contribution in [1.82, 2.24) is 9.88 Å². The van der Waals surface area contributed by atoms with Crippen LogP contribution >= 0.6 is 11.8 Å². The molecule has 1 aliphatic heterocycles. The molecule has 0 atom stereocenters. The van der Waals surface area contributed by atoms with Gasteiger partial charge in [0.1, 0.15) is 12.4 Å². The number of carbonyl (C=O) groups is 2. The Morgan fingerprint density at radius 3 is 2.73 bits per heavy atom. The summed E-state index contributed by atoms with van der Waals surface area (Å²) in [5.74, 6) is 0.466. The van der Waals surface area contributed by atoms with Crippen molar-refractivity contribution in [2.45, 2.75) is 0 Å².